The first-order chi connectivity index (χ1) is 8.16. The lowest BCUT2D eigenvalue weighted by atomic mass is 10.2. The first-order valence-electron chi connectivity index (χ1n) is 6.34. The lowest BCUT2D eigenvalue weighted by Gasteiger charge is -2.27. The van der Waals surface area contributed by atoms with Crippen LogP contribution in [-0.2, 0) is 0 Å². The number of nitrogens with zero attached hydrogens (tertiary/aromatic N) is 2. The minimum absolute atomic E-state index is 0.159. The summed E-state index contributed by atoms with van der Waals surface area (Å²) in [6, 6.07) is 5.08. The molecule has 96 valence electrons. The van der Waals surface area contributed by atoms with Gasteiger partial charge in [-0.2, -0.15) is 0 Å². The number of likely N-dealkylation sites (N-methyl/N-ethyl adjacent to an activating group) is 2. The molecule has 1 aromatic heterocycles. The van der Waals surface area contributed by atoms with Gasteiger partial charge in [-0.15, -0.1) is 11.3 Å². The van der Waals surface area contributed by atoms with Gasteiger partial charge in [0, 0.05) is 24.0 Å². The van der Waals surface area contributed by atoms with Gasteiger partial charge in [0.25, 0.3) is 0 Å². The van der Waals surface area contributed by atoms with E-state index in [0.29, 0.717) is 0 Å². The zero-order valence-electron chi connectivity index (χ0n) is 10.8. The Balaban J connectivity index is 1.79. The Kier molecular flexibility index (Phi) is 4.56. The van der Waals surface area contributed by atoms with Crippen LogP contribution in [0.2, 0.25) is 0 Å². The molecule has 1 saturated heterocycles. The maximum Gasteiger partial charge on any atom is 0.0518 e. The molecule has 17 heavy (non-hydrogen) atoms. The van der Waals surface area contributed by atoms with Gasteiger partial charge in [0.15, 0.2) is 0 Å². The van der Waals surface area contributed by atoms with E-state index in [9.17, 15) is 0 Å². The molecule has 0 radical (unpaired) electrons. The molecular weight excluding hydrogens is 230 g/mol. The van der Waals surface area contributed by atoms with Gasteiger partial charge in [-0.3, -0.25) is 0 Å². The van der Waals surface area contributed by atoms with Gasteiger partial charge in [-0.25, -0.2) is 0 Å². The average Bonchev–Trinajstić information content (AvgIpc) is 2.90. The predicted octanol–water partition coefficient (Wildman–Crippen LogP) is 1.77. The molecule has 1 fully saturated rings. The number of thiophene rings is 1. The second kappa shape index (κ2) is 5.96. The minimum atomic E-state index is 0.159. The van der Waals surface area contributed by atoms with Crippen molar-refractivity contribution in [3.63, 3.8) is 0 Å². The van der Waals surface area contributed by atoms with Crippen molar-refractivity contribution in [1.82, 2.24) is 9.80 Å². The van der Waals surface area contributed by atoms with Gasteiger partial charge in [0.1, 0.15) is 0 Å². The third-order valence-corrected chi connectivity index (χ3v) is 4.62. The molecule has 3 nitrogen and oxygen atoms in total. The van der Waals surface area contributed by atoms with Gasteiger partial charge < -0.3 is 15.5 Å². The monoisotopic (exact) mass is 253 g/mol. The van der Waals surface area contributed by atoms with Crippen molar-refractivity contribution < 1.29 is 0 Å². The van der Waals surface area contributed by atoms with E-state index in [-0.39, 0.29) is 6.04 Å². The van der Waals surface area contributed by atoms with Gasteiger partial charge in [-0.1, -0.05) is 6.07 Å². The van der Waals surface area contributed by atoms with Gasteiger partial charge in [-0.05, 0) is 44.9 Å². The molecule has 2 heterocycles. The van der Waals surface area contributed by atoms with Crippen LogP contribution in [0.4, 0.5) is 0 Å². The maximum absolute atomic E-state index is 6.20. The number of hydrogen-bond acceptors (Lipinski definition) is 4. The van der Waals surface area contributed by atoms with Crippen LogP contribution in [0.25, 0.3) is 0 Å². The molecule has 2 rings (SSSR count). The molecule has 2 atom stereocenters. The normalized spacial score (nSPS) is 23.4. The second-order valence-electron chi connectivity index (χ2n) is 5.12. The van der Waals surface area contributed by atoms with E-state index in [2.05, 4.69) is 41.4 Å². The van der Waals surface area contributed by atoms with Crippen molar-refractivity contribution in [1.29, 1.82) is 0 Å². The van der Waals surface area contributed by atoms with Gasteiger partial charge in [0.05, 0.1) is 6.04 Å². The van der Waals surface area contributed by atoms with Crippen molar-refractivity contribution >= 4 is 11.3 Å². The molecule has 0 bridgehead atoms. The first-order valence-corrected chi connectivity index (χ1v) is 7.22. The molecule has 0 amide bonds. The molecule has 0 aliphatic carbocycles. The summed E-state index contributed by atoms with van der Waals surface area (Å²) in [7, 11) is 4.41. The highest BCUT2D eigenvalue weighted by Gasteiger charge is 2.22. The third kappa shape index (κ3) is 3.52. The molecule has 0 spiro atoms. The summed E-state index contributed by atoms with van der Waals surface area (Å²) in [5.41, 5.74) is 6.20. The molecule has 1 aliphatic heterocycles. The van der Waals surface area contributed by atoms with Crippen LogP contribution < -0.4 is 5.73 Å². The summed E-state index contributed by atoms with van der Waals surface area (Å²) in [4.78, 5) is 6.13. The highest BCUT2D eigenvalue weighted by atomic mass is 32.1. The highest BCUT2D eigenvalue weighted by molar-refractivity contribution is 7.10. The number of hydrogen-bond donors (Lipinski definition) is 1. The molecular formula is C13H23N3S. The van der Waals surface area contributed by atoms with Crippen molar-refractivity contribution in [2.45, 2.75) is 24.9 Å². The van der Waals surface area contributed by atoms with Crippen LogP contribution in [0.5, 0.6) is 0 Å². The molecule has 2 unspecified atom stereocenters. The largest absolute Gasteiger partial charge is 0.322 e. The number of rotatable bonds is 5. The average molecular weight is 253 g/mol. The summed E-state index contributed by atoms with van der Waals surface area (Å²) in [6.07, 6.45) is 2.67. The van der Waals surface area contributed by atoms with Crippen molar-refractivity contribution in [2.24, 2.45) is 5.73 Å². The highest BCUT2D eigenvalue weighted by Crippen LogP contribution is 2.19. The first kappa shape index (κ1) is 13.0. The Morgan fingerprint density at radius 1 is 1.65 bits per heavy atom. The van der Waals surface area contributed by atoms with E-state index in [0.717, 1.165) is 19.1 Å². The lowest BCUT2D eigenvalue weighted by molar-refractivity contribution is 0.213. The third-order valence-electron chi connectivity index (χ3n) is 3.61. The van der Waals surface area contributed by atoms with Crippen LogP contribution in [0.15, 0.2) is 17.5 Å². The van der Waals surface area contributed by atoms with Crippen LogP contribution in [0, 0.1) is 0 Å². The fourth-order valence-electron chi connectivity index (χ4n) is 2.57. The van der Waals surface area contributed by atoms with E-state index < -0.39 is 0 Å². The van der Waals surface area contributed by atoms with Crippen LogP contribution in [-0.4, -0.2) is 49.6 Å². The predicted molar refractivity (Wildman–Crippen MR) is 74.4 cm³/mol. The summed E-state index contributed by atoms with van der Waals surface area (Å²) in [5, 5.41) is 2.10. The van der Waals surface area contributed by atoms with Crippen molar-refractivity contribution in [3.05, 3.63) is 22.4 Å². The summed E-state index contributed by atoms with van der Waals surface area (Å²) in [6.45, 7) is 3.33. The Morgan fingerprint density at radius 3 is 3.06 bits per heavy atom. The summed E-state index contributed by atoms with van der Waals surface area (Å²) < 4.78 is 0. The molecule has 4 heteroatoms. The standard InChI is InChI=1S/C13H23N3S/c1-15(9-11-5-3-7-16(11)2)10-12(14)13-6-4-8-17-13/h4,6,8,11-12H,3,5,7,9-10,14H2,1-2H3. The Morgan fingerprint density at radius 2 is 2.47 bits per heavy atom. The molecule has 0 aromatic carbocycles. The van der Waals surface area contributed by atoms with Crippen molar-refractivity contribution in [3.8, 4) is 0 Å². The summed E-state index contributed by atoms with van der Waals surface area (Å²) >= 11 is 1.75. The van der Waals surface area contributed by atoms with Gasteiger partial charge >= 0.3 is 0 Å². The van der Waals surface area contributed by atoms with Crippen LogP contribution in [0.3, 0.4) is 0 Å². The van der Waals surface area contributed by atoms with Crippen molar-refractivity contribution in [2.75, 3.05) is 33.7 Å². The lowest BCUT2D eigenvalue weighted by Crippen LogP contribution is -2.39. The quantitative estimate of drug-likeness (QED) is 0.868. The Bertz CT molecular complexity index is 325. The molecule has 2 N–H and O–H groups in total. The number of likely N-dealkylation sites (tertiary alicyclic amines) is 1. The molecule has 1 aliphatic rings. The van der Waals surface area contributed by atoms with Crippen LogP contribution in [0.1, 0.15) is 23.8 Å². The van der Waals surface area contributed by atoms with E-state index in [1.54, 1.807) is 11.3 Å². The SMILES string of the molecule is CN(CC(N)c1cccs1)CC1CCCN1C. The molecule has 0 saturated carbocycles. The number of nitrogens with two attached hydrogens (primary N) is 1. The fourth-order valence-corrected chi connectivity index (χ4v) is 3.29. The van der Waals surface area contributed by atoms with E-state index >= 15 is 0 Å². The van der Waals surface area contributed by atoms with E-state index in [4.69, 9.17) is 5.73 Å². The Hall–Kier alpha value is -0.420. The second-order valence-corrected chi connectivity index (χ2v) is 6.10. The van der Waals surface area contributed by atoms with Crippen LogP contribution >= 0.6 is 11.3 Å². The zero-order valence-corrected chi connectivity index (χ0v) is 11.6. The zero-order chi connectivity index (χ0) is 12.3. The molecule has 1 aromatic rings. The minimum Gasteiger partial charge on any atom is -0.322 e. The van der Waals surface area contributed by atoms with Gasteiger partial charge in [0.2, 0.25) is 0 Å². The maximum atomic E-state index is 6.20. The summed E-state index contributed by atoms with van der Waals surface area (Å²) in [5.74, 6) is 0. The fraction of sp³-hybridized carbons (Fsp3) is 0.692. The smallest absolute Gasteiger partial charge is 0.0518 e. The topological polar surface area (TPSA) is 32.5 Å². The van der Waals surface area contributed by atoms with E-state index in [1.165, 1.54) is 24.3 Å². The van der Waals surface area contributed by atoms with E-state index in [1.807, 2.05) is 0 Å². The Labute approximate surface area is 108 Å².